The Morgan fingerprint density at radius 2 is 1.90 bits per heavy atom. The van der Waals surface area contributed by atoms with Gasteiger partial charge in [0.1, 0.15) is 12.5 Å². The predicted molar refractivity (Wildman–Crippen MR) is 67.0 cm³/mol. The fourth-order valence-electron chi connectivity index (χ4n) is 1.80. The van der Waals surface area contributed by atoms with Crippen LogP contribution in [0, 0.1) is 0 Å². The molecule has 3 nitrogen and oxygen atoms in total. The van der Waals surface area contributed by atoms with E-state index in [-0.39, 0.29) is 18.7 Å². The first-order valence-electron chi connectivity index (χ1n) is 5.99. The lowest BCUT2D eigenvalue weighted by molar-refractivity contribution is -0.138. The number of nitrogens with one attached hydrogen (secondary N) is 1. The lowest BCUT2D eigenvalue weighted by atomic mass is 10.1. The van der Waals surface area contributed by atoms with Crippen LogP contribution in [0.25, 0.3) is 0 Å². The summed E-state index contributed by atoms with van der Waals surface area (Å²) in [7, 11) is 0. The molecule has 2 aromatic rings. The van der Waals surface area contributed by atoms with Crippen molar-refractivity contribution in [3.8, 4) is 0 Å². The standard InChI is InChI=1S/C13H13F4N3/c14-6-8-20-7-5-12(19-20)18-9-10-3-1-2-4-11(10)13(15,16)17/h1-5,7H,6,8-9H2,(H,18,19). The second-order valence-electron chi connectivity index (χ2n) is 4.16. The lowest BCUT2D eigenvalue weighted by Crippen LogP contribution is -2.12. The minimum atomic E-state index is -4.38. The molecule has 0 atom stereocenters. The van der Waals surface area contributed by atoms with Gasteiger partial charge in [0.2, 0.25) is 0 Å². The van der Waals surface area contributed by atoms with Crippen molar-refractivity contribution in [2.24, 2.45) is 0 Å². The molecule has 108 valence electrons. The number of hydrogen-bond acceptors (Lipinski definition) is 2. The predicted octanol–water partition coefficient (Wildman–Crippen LogP) is 3.48. The first-order chi connectivity index (χ1) is 9.50. The molecule has 0 unspecified atom stereocenters. The molecule has 0 aliphatic carbocycles. The van der Waals surface area contributed by atoms with Gasteiger partial charge in [-0.05, 0) is 11.6 Å². The molecule has 0 spiro atoms. The average Bonchev–Trinajstić information content (AvgIpc) is 2.84. The highest BCUT2D eigenvalue weighted by molar-refractivity contribution is 5.37. The van der Waals surface area contributed by atoms with Crippen molar-refractivity contribution in [2.45, 2.75) is 19.3 Å². The van der Waals surface area contributed by atoms with Gasteiger partial charge >= 0.3 is 6.18 Å². The fraction of sp³-hybridized carbons (Fsp3) is 0.308. The third-order valence-electron chi connectivity index (χ3n) is 2.74. The summed E-state index contributed by atoms with van der Waals surface area (Å²) in [4.78, 5) is 0. The molecule has 20 heavy (non-hydrogen) atoms. The molecule has 0 amide bonds. The number of alkyl halides is 4. The van der Waals surface area contributed by atoms with Crippen molar-refractivity contribution >= 4 is 5.82 Å². The Labute approximate surface area is 113 Å². The number of anilines is 1. The number of aryl methyl sites for hydroxylation is 1. The van der Waals surface area contributed by atoms with Crippen molar-refractivity contribution in [1.82, 2.24) is 9.78 Å². The quantitative estimate of drug-likeness (QED) is 0.853. The largest absolute Gasteiger partial charge is 0.416 e. The minimum Gasteiger partial charge on any atom is -0.365 e. The number of benzene rings is 1. The van der Waals surface area contributed by atoms with E-state index in [0.717, 1.165) is 6.07 Å². The molecule has 0 aliphatic rings. The van der Waals surface area contributed by atoms with Crippen LogP contribution in [-0.4, -0.2) is 16.5 Å². The summed E-state index contributed by atoms with van der Waals surface area (Å²) in [6.45, 7) is -0.416. The smallest absolute Gasteiger partial charge is 0.365 e. The molecule has 7 heteroatoms. The summed E-state index contributed by atoms with van der Waals surface area (Å²) in [5, 5.41) is 6.79. The molecule has 0 bridgehead atoms. The zero-order valence-corrected chi connectivity index (χ0v) is 10.5. The molecule has 0 saturated carbocycles. The Morgan fingerprint density at radius 3 is 2.60 bits per heavy atom. The molecule has 1 aromatic heterocycles. The van der Waals surface area contributed by atoms with Gasteiger partial charge in [-0.25, -0.2) is 4.39 Å². The van der Waals surface area contributed by atoms with Crippen LogP contribution in [0.5, 0.6) is 0 Å². The number of halogens is 4. The van der Waals surface area contributed by atoms with Gasteiger partial charge in [-0.15, -0.1) is 0 Å². The van der Waals surface area contributed by atoms with E-state index in [2.05, 4.69) is 10.4 Å². The average molecular weight is 287 g/mol. The molecule has 0 radical (unpaired) electrons. The Morgan fingerprint density at radius 1 is 1.15 bits per heavy atom. The summed E-state index contributed by atoms with van der Waals surface area (Å²) in [6, 6.07) is 6.94. The van der Waals surface area contributed by atoms with Crippen LogP contribution in [0.1, 0.15) is 11.1 Å². The van der Waals surface area contributed by atoms with Crippen LogP contribution in [0.2, 0.25) is 0 Å². The van der Waals surface area contributed by atoms with Crippen LogP contribution in [0.4, 0.5) is 23.4 Å². The highest BCUT2D eigenvalue weighted by Gasteiger charge is 2.32. The fourth-order valence-corrected chi connectivity index (χ4v) is 1.80. The third-order valence-corrected chi connectivity index (χ3v) is 2.74. The van der Waals surface area contributed by atoms with E-state index < -0.39 is 18.4 Å². The molecule has 0 aliphatic heterocycles. The molecule has 0 fully saturated rings. The first-order valence-corrected chi connectivity index (χ1v) is 5.99. The Balaban J connectivity index is 2.07. The number of hydrogen-bond donors (Lipinski definition) is 1. The third kappa shape index (κ3) is 3.49. The van der Waals surface area contributed by atoms with E-state index in [0.29, 0.717) is 5.82 Å². The maximum absolute atomic E-state index is 12.8. The highest BCUT2D eigenvalue weighted by Crippen LogP contribution is 2.32. The van der Waals surface area contributed by atoms with Crippen molar-refractivity contribution in [3.05, 3.63) is 47.7 Å². The topological polar surface area (TPSA) is 29.9 Å². The zero-order chi connectivity index (χ0) is 14.6. The van der Waals surface area contributed by atoms with Gasteiger partial charge in [0.05, 0.1) is 12.1 Å². The van der Waals surface area contributed by atoms with Crippen LogP contribution >= 0.6 is 0 Å². The van der Waals surface area contributed by atoms with E-state index in [1.54, 1.807) is 18.3 Å². The monoisotopic (exact) mass is 287 g/mol. The van der Waals surface area contributed by atoms with Crippen LogP contribution in [0.3, 0.4) is 0 Å². The van der Waals surface area contributed by atoms with Crippen molar-refractivity contribution in [2.75, 3.05) is 12.0 Å². The number of rotatable bonds is 5. The van der Waals surface area contributed by atoms with Crippen molar-refractivity contribution in [3.63, 3.8) is 0 Å². The van der Waals surface area contributed by atoms with Gasteiger partial charge in [-0.1, -0.05) is 18.2 Å². The zero-order valence-electron chi connectivity index (χ0n) is 10.5. The van der Waals surface area contributed by atoms with Crippen LogP contribution < -0.4 is 5.32 Å². The normalized spacial score (nSPS) is 11.6. The van der Waals surface area contributed by atoms with Crippen LogP contribution in [-0.2, 0) is 19.3 Å². The molecule has 2 rings (SSSR count). The summed E-state index contributed by atoms with van der Waals surface area (Å²) >= 11 is 0. The Kier molecular flexibility index (Phi) is 4.26. The minimum absolute atomic E-state index is 0.00230. The van der Waals surface area contributed by atoms with Gasteiger partial charge in [-0.3, -0.25) is 4.68 Å². The van der Waals surface area contributed by atoms with E-state index in [1.807, 2.05) is 0 Å². The van der Waals surface area contributed by atoms with Gasteiger partial charge in [-0.2, -0.15) is 18.3 Å². The van der Waals surface area contributed by atoms with E-state index in [4.69, 9.17) is 0 Å². The van der Waals surface area contributed by atoms with Gasteiger partial charge in [0.25, 0.3) is 0 Å². The van der Waals surface area contributed by atoms with Crippen molar-refractivity contribution < 1.29 is 17.6 Å². The molecule has 1 N–H and O–H groups in total. The van der Waals surface area contributed by atoms with E-state index >= 15 is 0 Å². The van der Waals surface area contributed by atoms with Gasteiger partial charge in [0, 0.05) is 18.8 Å². The summed E-state index contributed by atoms with van der Waals surface area (Å²) in [6.07, 6.45) is -2.82. The molecule has 0 saturated heterocycles. The van der Waals surface area contributed by atoms with Gasteiger partial charge in [0.15, 0.2) is 0 Å². The maximum Gasteiger partial charge on any atom is 0.416 e. The number of nitrogens with zero attached hydrogens (tertiary/aromatic N) is 2. The SMILES string of the molecule is FCCn1ccc(NCc2ccccc2C(F)(F)F)n1. The molecular formula is C13H13F4N3. The Hall–Kier alpha value is -2.05. The second kappa shape index (κ2) is 5.94. The maximum atomic E-state index is 12.8. The Bertz CT molecular complexity index is 563. The molecule has 1 aromatic carbocycles. The highest BCUT2D eigenvalue weighted by atomic mass is 19.4. The molecule has 1 heterocycles. The van der Waals surface area contributed by atoms with Gasteiger partial charge < -0.3 is 5.32 Å². The lowest BCUT2D eigenvalue weighted by Gasteiger charge is -2.12. The molecular weight excluding hydrogens is 274 g/mol. The van der Waals surface area contributed by atoms with E-state index in [1.165, 1.54) is 16.8 Å². The van der Waals surface area contributed by atoms with Crippen LogP contribution in [0.15, 0.2) is 36.5 Å². The second-order valence-corrected chi connectivity index (χ2v) is 4.16. The number of aromatic nitrogens is 2. The van der Waals surface area contributed by atoms with E-state index in [9.17, 15) is 17.6 Å². The summed E-state index contributed by atoms with van der Waals surface area (Å²) in [5.74, 6) is 0.412. The summed E-state index contributed by atoms with van der Waals surface area (Å²) in [5.41, 5.74) is -0.532. The van der Waals surface area contributed by atoms with Crippen molar-refractivity contribution in [1.29, 1.82) is 0 Å². The first kappa shape index (κ1) is 14.4. The summed E-state index contributed by atoms with van der Waals surface area (Å²) < 4.78 is 51.9.